The molecular formula is C53H63F2N7O6. The van der Waals surface area contributed by atoms with Crippen LogP contribution in [0.5, 0.6) is 11.5 Å². The number of nitrogens with zero attached hydrogens (tertiary/aromatic N) is 7. The van der Waals surface area contributed by atoms with Gasteiger partial charge in [-0.2, -0.15) is 0 Å². The van der Waals surface area contributed by atoms with E-state index in [-0.39, 0.29) is 62.7 Å². The molecule has 68 heavy (non-hydrogen) atoms. The molecule has 2 saturated heterocycles. The molecule has 1 amide bonds. The summed E-state index contributed by atoms with van der Waals surface area (Å²) in [7, 11) is 0. The number of Topliss-reactive ketones (excluding diaryl/α,β-unsaturated/α-hetero) is 1. The number of fused-ring (bicyclic) bond motifs is 2. The fraction of sp³-hybridized carbons (Fsp3) is 0.434. The number of aliphatic hydroxyl groups excluding tert-OH is 2. The average Bonchev–Trinajstić information content (AvgIpc) is 3.27. The van der Waals surface area contributed by atoms with Gasteiger partial charge in [-0.3, -0.25) is 9.59 Å². The Bertz CT molecular complexity index is 2580. The van der Waals surface area contributed by atoms with Crippen LogP contribution in [0.3, 0.4) is 0 Å². The van der Waals surface area contributed by atoms with Gasteiger partial charge in [-0.25, -0.2) is 28.7 Å². The first kappa shape index (κ1) is 49.6. The molecule has 360 valence electrons. The van der Waals surface area contributed by atoms with Gasteiger partial charge in [-0.15, -0.1) is 0 Å². The predicted molar refractivity (Wildman–Crippen MR) is 262 cm³/mol. The van der Waals surface area contributed by atoms with Gasteiger partial charge in [0.2, 0.25) is 0 Å². The van der Waals surface area contributed by atoms with E-state index in [9.17, 15) is 38.8 Å². The summed E-state index contributed by atoms with van der Waals surface area (Å²) >= 11 is 0. The summed E-state index contributed by atoms with van der Waals surface area (Å²) in [6.45, 7) is 19.0. The molecule has 0 saturated carbocycles. The van der Waals surface area contributed by atoms with Crippen molar-refractivity contribution < 1.29 is 38.8 Å². The van der Waals surface area contributed by atoms with Crippen LogP contribution >= 0.6 is 0 Å². The van der Waals surface area contributed by atoms with Crippen LogP contribution in [0.15, 0.2) is 72.8 Å². The quantitative estimate of drug-likeness (QED) is 0.109. The normalized spacial score (nSPS) is 15.9. The Labute approximate surface area is 396 Å². The third-order valence-electron chi connectivity index (χ3n) is 12.4. The largest absolute Gasteiger partial charge is 0.507 e. The summed E-state index contributed by atoms with van der Waals surface area (Å²) in [6.07, 6.45) is 0.0876. The molecule has 8 rings (SSSR count). The number of carbonyl (C=O) groups is 2. The van der Waals surface area contributed by atoms with E-state index >= 15 is 0 Å². The molecule has 15 heteroatoms. The highest BCUT2D eigenvalue weighted by Crippen LogP contribution is 2.37. The zero-order valence-corrected chi connectivity index (χ0v) is 40.2. The fourth-order valence-electron chi connectivity index (χ4n) is 8.96. The third kappa shape index (κ3) is 11.5. The monoisotopic (exact) mass is 931 g/mol. The number of amides is 1. The molecule has 2 aromatic heterocycles. The zero-order chi connectivity index (χ0) is 49.2. The number of aliphatic hydroxyl groups is 2. The van der Waals surface area contributed by atoms with E-state index < -0.39 is 23.8 Å². The fourth-order valence-corrected chi connectivity index (χ4v) is 8.96. The van der Waals surface area contributed by atoms with Crippen molar-refractivity contribution in [3.63, 3.8) is 0 Å². The van der Waals surface area contributed by atoms with Crippen molar-refractivity contribution in [2.75, 3.05) is 49.1 Å². The van der Waals surface area contributed by atoms with Gasteiger partial charge in [0.25, 0.3) is 5.91 Å². The Balaban J connectivity index is 0.000000201. The lowest BCUT2D eigenvalue weighted by Crippen LogP contribution is -2.52. The minimum Gasteiger partial charge on any atom is -0.507 e. The van der Waals surface area contributed by atoms with Gasteiger partial charge >= 0.3 is 0 Å². The highest BCUT2D eigenvalue weighted by molar-refractivity contribution is 5.93. The van der Waals surface area contributed by atoms with Gasteiger partial charge in [0.15, 0.2) is 17.4 Å². The number of benzene rings is 4. The lowest BCUT2D eigenvalue weighted by molar-refractivity contribution is -0.142. The van der Waals surface area contributed by atoms with E-state index in [2.05, 4.69) is 24.8 Å². The van der Waals surface area contributed by atoms with Crippen LogP contribution in [0, 0.1) is 42.2 Å². The number of halogens is 2. The van der Waals surface area contributed by atoms with Crippen LogP contribution in [0.25, 0.3) is 44.6 Å². The van der Waals surface area contributed by atoms with Gasteiger partial charge in [-0.1, -0.05) is 65.8 Å². The van der Waals surface area contributed by atoms with Gasteiger partial charge in [-0.05, 0) is 110 Å². The van der Waals surface area contributed by atoms with E-state index in [0.717, 1.165) is 21.9 Å². The smallest absolute Gasteiger partial charge is 0.251 e. The van der Waals surface area contributed by atoms with Crippen LogP contribution in [0.2, 0.25) is 0 Å². The van der Waals surface area contributed by atoms with Crippen LogP contribution in [-0.2, 0) is 9.59 Å². The molecule has 0 aliphatic carbocycles. The Kier molecular flexibility index (Phi) is 14.7. The minimum atomic E-state index is -1.02. The van der Waals surface area contributed by atoms with E-state index in [1.807, 2.05) is 96.7 Å². The number of piperazine rings is 1. The lowest BCUT2D eigenvalue weighted by Gasteiger charge is -2.37. The van der Waals surface area contributed by atoms with Crippen molar-refractivity contribution in [2.24, 2.45) is 16.7 Å². The Morgan fingerprint density at radius 3 is 1.47 bits per heavy atom. The van der Waals surface area contributed by atoms with Crippen molar-refractivity contribution >= 4 is 45.1 Å². The second-order valence-corrected chi connectivity index (χ2v) is 20.6. The second kappa shape index (κ2) is 20.1. The number of carbonyl (C=O) groups excluding carboxylic acids is 2. The molecule has 2 fully saturated rings. The highest BCUT2D eigenvalue weighted by Gasteiger charge is 2.34. The first-order valence-corrected chi connectivity index (χ1v) is 23.3. The number of ketones is 1. The summed E-state index contributed by atoms with van der Waals surface area (Å²) in [5, 5.41) is 43.1. The van der Waals surface area contributed by atoms with E-state index in [0.29, 0.717) is 87.6 Å². The van der Waals surface area contributed by atoms with Gasteiger partial charge in [0.1, 0.15) is 47.0 Å². The van der Waals surface area contributed by atoms with Crippen LogP contribution in [0.4, 0.5) is 20.4 Å². The number of phenols is 2. The van der Waals surface area contributed by atoms with Gasteiger partial charge in [0.05, 0.1) is 22.2 Å². The number of rotatable bonds is 9. The van der Waals surface area contributed by atoms with Crippen molar-refractivity contribution in [1.82, 2.24) is 24.8 Å². The number of phenolic OH excluding ortho intramolecular Hbond substituents is 2. The Hall–Kier alpha value is -6.32. The summed E-state index contributed by atoms with van der Waals surface area (Å²) < 4.78 is 29.2. The molecule has 6 aromatic rings. The molecule has 0 spiro atoms. The zero-order valence-electron chi connectivity index (χ0n) is 40.2. The second-order valence-electron chi connectivity index (χ2n) is 20.6. The number of aromatic hydroxyl groups is 2. The van der Waals surface area contributed by atoms with Gasteiger partial charge in [0, 0.05) is 56.0 Å². The van der Waals surface area contributed by atoms with Crippen molar-refractivity contribution in [1.29, 1.82) is 0 Å². The Morgan fingerprint density at radius 1 is 0.618 bits per heavy atom. The van der Waals surface area contributed by atoms with Crippen molar-refractivity contribution in [2.45, 2.75) is 93.3 Å². The molecule has 4 heterocycles. The summed E-state index contributed by atoms with van der Waals surface area (Å²) in [4.78, 5) is 49.8. The first-order chi connectivity index (χ1) is 32.1. The molecule has 13 nitrogen and oxygen atoms in total. The minimum absolute atomic E-state index is 0.0254. The maximum absolute atomic E-state index is 14.6. The molecule has 0 unspecified atom stereocenters. The molecule has 2 aliphatic rings. The van der Waals surface area contributed by atoms with Crippen molar-refractivity contribution in [3.8, 4) is 34.3 Å². The third-order valence-corrected chi connectivity index (χ3v) is 12.4. The molecule has 4 aromatic carbocycles. The maximum Gasteiger partial charge on any atom is 0.251 e. The number of hydrogen-bond acceptors (Lipinski definition) is 12. The summed E-state index contributed by atoms with van der Waals surface area (Å²) in [6, 6.07) is 19.9. The summed E-state index contributed by atoms with van der Waals surface area (Å²) in [5.74, 6) is -0.629. The number of aryl methyl sites for hydroxylation is 2. The SMILES string of the molecule is Cc1ccc2c(N3CCC(C(=O)[C@H](O)CC(C)(C)C)CC3)nc(-c3c(O)cccc3F)nc2c1.Cc1ccc2c(N3CCN(C(=O)[C@H](O)CC(C)(C)C)CC3)nc(-c3c(O)cccc3F)nc2c1. The van der Waals surface area contributed by atoms with Crippen molar-refractivity contribution in [3.05, 3.63) is 95.6 Å². The van der Waals surface area contributed by atoms with E-state index in [1.165, 1.54) is 36.4 Å². The number of aromatic nitrogens is 4. The molecule has 2 atom stereocenters. The van der Waals surface area contributed by atoms with Crippen LogP contribution in [0.1, 0.15) is 78.4 Å². The molecule has 2 aliphatic heterocycles. The number of piperidine rings is 1. The molecule has 4 N–H and O–H groups in total. The van der Waals surface area contributed by atoms with E-state index in [4.69, 9.17) is 0 Å². The first-order valence-electron chi connectivity index (χ1n) is 23.3. The van der Waals surface area contributed by atoms with Crippen LogP contribution < -0.4 is 9.80 Å². The molecular weight excluding hydrogens is 869 g/mol. The van der Waals surface area contributed by atoms with E-state index in [1.54, 1.807) is 4.90 Å². The average molecular weight is 932 g/mol. The highest BCUT2D eigenvalue weighted by atomic mass is 19.1. The lowest BCUT2D eigenvalue weighted by atomic mass is 9.82. The Morgan fingerprint density at radius 2 is 1.04 bits per heavy atom. The predicted octanol–water partition coefficient (Wildman–Crippen LogP) is 8.93. The number of hydrogen-bond donors (Lipinski definition) is 4. The standard InChI is InChI=1S/C27H32FN3O3.C26H31FN4O3/c1-16-8-9-18-20(14-16)29-25(23-19(28)6-5-7-21(23)32)30-26(18)31-12-10-17(11-13-31)24(34)22(33)15-27(2,3)4;1-16-8-9-17-19(14-16)28-23(22-18(27)6-5-7-20(22)32)29-24(17)30-10-12-31(13-11-30)25(34)21(33)15-26(2,3)4/h5-9,14,17,22,32-33H,10-13,15H2,1-4H3;5-9,14,21,32-33H,10-13,15H2,1-4H3/t22-;21-/m11/s1. The van der Waals surface area contributed by atoms with Crippen LogP contribution in [-0.4, -0.2) is 108 Å². The molecule has 0 bridgehead atoms. The summed E-state index contributed by atoms with van der Waals surface area (Å²) in [5.41, 5.74) is 3.01. The topological polar surface area (TPSA) is 176 Å². The molecule has 0 radical (unpaired) electrons. The number of anilines is 2. The van der Waals surface area contributed by atoms with Gasteiger partial charge < -0.3 is 35.1 Å². The maximum atomic E-state index is 14.6.